The van der Waals surface area contributed by atoms with Crippen LogP contribution in [0, 0.1) is 6.92 Å². The Bertz CT molecular complexity index is 1160. The van der Waals surface area contributed by atoms with E-state index in [2.05, 4.69) is 0 Å². The van der Waals surface area contributed by atoms with Crippen molar-refractivity contribution in [3.63, 3.8) is 0 Å². The second-order valence-electron chi connectivity index (χ2n) is 8.43. The van der Waals surface area contributed by atoms with Crippen molar-refractivity contribution in [3.05, 3.63) is 102 Å². The number of imide groups is 1. The Morgan fingerprint density at radius 1 is 0.971 bits per heavy atom. The molecule has 2 atom stereocenters. The minimum atomic E-state index is -1.29. The minimum Gasteiger partial charge on any atom is -0.468 e. The van der Waals surface area contributed by atoms with Crippen LogP contribution >= 0.6 is 11.8 Å². The molecule has 2 amide bonds. The number of amides is 2. The molecule has 1 aliphatic heterocycles. The molecule has 1 heterocycles. The first-order valence-corrected chi connectivity index (χ1v) is 12.0. The number of benzene rings is 3. The van der Waals surface area contributed by atoms with Gasteiger partial charge in [-0.1, -0.05) is 78.4 Å². The number of thioether (sulfide) groups is 1. The topological polar surface area (TPSA) is 63.7 Å². The summed E-state index contributed by atoms with van der Waals surface area (Å²) in [6.45, 7) is 1.99. The van der Waals surface area contributed by atoms with E-state index in [1.54, 1.807) is 0 Å². The number of hydrogen-bond acceptors (Lipinski definition) is 5. The van der Waals surface area contributed by atoms with Crippen LogP contribution in [-0.4, -0.2) is 34.5 Å². The fourth-order valence-corrected chi connectivity index (χ4v) is 5.83. The Morgan fingerprint density at radius 3 is 2.21 bits per heavy atom. The van der Waals surface area contributed by atoms with Gasteiger partial charge >= 0.3 is 5.97 Å². The monoisotopic (exact) mass is 473 g/mol. The Morgan fingerprint density at radius 2 is 1.59 bits per heavy atom. The molecule has 0 bridgehead atoms. The molecule has 174 valence electrons. The highest BCUT2D eigenvalue weighted by Gasteiger charge is 2.60. The van der Waals surface area contributed by atoms with E-state index in [9.17, 15) is 14.4 Å². The molecular weight excluding hydrogens is 446 g/mol. The summed E-state index contributed by atoms with van der Waals surface area (Å²) in [5.41, 5.74) is 2.84. The van der Waals surface area contributed by atoms with Gasteiger partial charge < -0.3 is 4.74 Å². The molecule has 0 aromatic heterocycles. The molecule has 1 fully saturated rings. The third-order valence-corrected chi connectivity index (χ3v) is 7.50. The van der Waals surface area contributed by atoms with Crippen LogP contribution in [0.1, 0.15) is 35.6 Å². The lowest BCUT2D eigenvalue weighted by molar-refractivity contribution is -0.145. The summed E-state index contributed by atoms with van der Waals surface area (Å²) >= 11 is 1.29. The predicted molar refractivity (Wildman–Crippen MR) is 132 cm³/mol. The van der Waals surface area contributed by atoms with E-state index in [0.29, 0.717) is 6.42 Å². The second kappa shape index (κ2) is 10.3. The van der Waals surface area contributed by atoms with Crippen LogP contribution < -0.4 is 0 Å². The van der Waals surface area contributed by atoms with Crippen LogP contribution in [0.4, 0.5) is 0 Å². The van der Waals surface area contributed by atoms with Crippen molar-refractivity contribution in [2.45, 2.75) is 41.9 Å². The largest absolute Gasteiger partial charge is 0.468 e. The van der Waals surface area contributed by atoms with Gasteiger partial charge in [-0.15, -0.1) is 11.8 Å². The summed E-state index contributed by atoms with van der Waals surface area (Å²) in [7, 11) is 1.33. The average molecular weight is 474 g/mol. The Balaban J connectivity index is 1.74. The minimum absolute atomic E-state index is 0.116. The molecule has 6 heteroatoms. The Hall–Kier alpha value is -3.38. The Kier molecular flexibility index (Phi) is 7.17. The van der Waals surface area contributed by atoms with Gasteiger partial charge in [0, 0.05) is 11.3 Å². The maximum absolute atomic E-state index is 13.5. The normalized spacial score (nSPS) is 19.8. The van der Waals surface area contributed by atoms with Gasteiger partial charge in [0.2, 0.25) is 11.8 Å². The third-order valence-electron chi connectivity index (χ3n) is 6.09. The highest BCUT2D eigenvalue weighted by molar-refractivity contribution is 8.01. The smallest absolute Gasteiger partial charge is 0.325 e. The number of carbonyl (C=O) groups is 3. The highest BCUT2D eigenvalue weighted by atomic mass is 32.2. The summed E-state index contributed by atoms with van der Waals surface area (Å²) in [6, 6.07) is 26.0. The van der Waals surface area contributed by atoms with Crippen molar-refractivity contribution in [3.8, 4) is 0 Å². The summed E-state index contributed by atoms with van der Waals surface area (Å²) in [6.07, 6.45) is 0.571. The van der Waals surface area contributed by atoms with Crippen molar-refractivity contribution >= 4 is 29.5 Å². The van der Waals surface area contributed by atoms with E-state index >= 15 is 0 Å². The van der Waals surface area contributed by atoms with E-state index in [0.717, 1.165) is 21.6 Å². The molecule has 0 saturated carbocycles. The number of aryl methyl sites for hydroxylation is 2. The lowest BCUT2D eigenvalue weighted by Crippen LogP contribution is -2.44. The quantitative estimate of drug-likeness (QED) is 0.445. The number of likely N-dealkylation sites (tertiary alicyclic amines) is 1. The summed E-state index contributed by atoms with van der Waals surface area (Å²) < 4.78 is 3.95. The Labute approximate surface area is 204 Å². The van der Waals surface area contributed by atoms with Crippen LogP contribution in [0.15, 0.2) is 89.8 Å². The molecule has 3 aromatic carbocycles. The van der Waals surface area contributed by atoms with E-state index < -0.39 is 16.8 Å². The third kappa shape index (κ3) is 4.77. The van der Waals surface area contributed by atoms with Crippen LogP contribution in [0.25, 0.3) is 0 Å². The summed E-state index contributed by atoms with van der Waals surface area (Å²) in [5.74, 6) is -1.17. The predicted octanol–water partition coefficient (Wildman–Crippen LogP) is 5.13. The lowest BCUT2D eigenvalue weighted by Gasteiger charge is -2.34. The number of hydrogen-bond donors (Lipinski definition) is 0. The SMILES string of the molecule is COC(=O)[C@@]1(Sc2ccc(C)cc2)CC(=O)N(C(=O)CCc2ccccc2)[C@@H]1c1ccccc1. The number of methoxy groups -OCH3 is 1. The van der Waals surface area contributed by atoms with Crippen molar-refractivity contribution in [1.82, 2.24) is 4.90 Å². The zero-order chi connectivity index (χ0) is 24.1. The molecule has 0 unspecified atom stereocenters. The molecule has 1 aliphatic rings. The fourth-order valence-electron chi connectivity index (χ4n) is 4.42. The second-order valence-corrected chi connectivity index (χ2v) is 9.83. The van der Waals surface area contributed by atoms with Gasteiger partial charge in [0.15, 0.2) is 4.75 Å². The van der Waals surface area contributed by atoms with Crippen LogP contribution in [-0.2, 0) is 25.5 Å². The zero-order valence-corrected chi connectivity index (χ0v) is 20.1. The molecule has 0 spiro atoms. The first kappa shape index (κ1) is 23.8. The highest BCUT2D eigenvalue weighted by Crippen LogP contribution is 2.53. The molecular formula is C28H27NO4S. The zero-order valence-electron chi connectivity index (χ0n) is 19.3. The standard InChI is InChI=1S/C28H27NO4S/c1-20-13-16-23(17-14-20)34-28(27(32)33-2)19-25(31)29(26(28)22-11-7-4-8-12-22)24(30)18-15-21-9-5-3-6-10-21/h3-14,16-17,26H,15,18-19H2,1-2H3/t26-,28-/m1/s1. The van der Waals surface area contributed by atoms with E-state index in [1.807, 2.05) is 91.9 Å². The average Bonchev–Trinajstić information content (AvgIpc) is 3.17. The summed E-state index contributed by atoms with van der Waals surface area (Å²) in [5, 5.41) is 0. The lowest BCUT2D eigenvalue weighted by atomic mass is 9.92. The van der Waals surface area contributed by atoms with E-state index in [-0.39, 0.29) is 24.7 Å². The first-order valence-electron chi connectivity index (χ1n) is 11.2. The van der Waals surface area contributed by atoms with Crippen molar-refractivity contribution < 1.29 is 19.1 Å². The summed E-state index contributed by atoms with van der Waals surface area (Å²) in [4.78, 5) is 42.3. The number of nitrogens with zero attached hydrogens (tertiary/aromatic N) is 1. The van der Waals surface area contributed by atoms with Gasteiger partial charge in [0.05, 0.1) is 19.6 Å². The molecule has 34 heavy (non-hydrogen) atoms. The maximum atomic E-state index is 13.5. The maximum Gasteiger partial charge on any atom is 0.325 e. The van der Waals surface area contributed by atoms with Gasteiger partial charge in [-0.25, -0.2) is 0 Å². The molecule has 3 aromatic rings. The molecule has 4 rings (SSSR count). The van der Waals surface area contributed by atoms with Gasteiger partial charge in [-0.3, -0.25) is 19.3 Å². The van der Waals surface area contributed by atoms with E-state index in [4.69, 9.17) is 4.74 Å². The van der Waals surface area contributed by atoms with Crippen molar-refractivity contribution in [2.24, 2.45) is 0 Å². The van der Waals surface area contributed by atoms with Gasteiger partial charge in [-0.2, -0.15) is 0 Å². The number of esters is 1. The number of carbonyl (C=O) groups excluding carboxylic acids is 3. The molecule has 1 saturated heterocycles. The van der Waals surface area contributed by atoms with Crippen LogP contribution in [0.3, 0.4) is 0 Å². The fraction of sp³-hybridized carbons (Fsp3) is 0.250. The molecule has 0 N–H and O–H groups in total. The van der Waals surface area contributed by atoms with E-state index in [1.165, 1.54) is 23.8 Å². The first-order chi connectivity index (χ1) is 16.4. The van der Waals surface area contributed by atoms with Crippen molar-refractivity contribution in [2.75, 3.05) is 7.11 Å². The molecule has 0 radical (unpaired) electrons. The molecule has 0 aliphatic carbocycles. The number of ether oxygens (including phenoxy) is 1. The van der Waals surface area contributed by atoms with Gasteiger partial charge in [0.25, 0.3) is 0 Å². The van der Waals surface area contributed by atoms with Crippen LogP contribution in [0.2, 0.25) is 0 Å². The molecule has 5 nitrogen and oxygen atoms in total. The van der Waals surface area contributed by atoms with Gasteiger partial charge in [0.1, 0.15) is 0 Å². The van der Waals surface area contributed by atoms with Crippen molar-refractivity contribution in [1.29, 1.82) is 0 Å². The van der Waals surface area contributed by atoms with Crippen LogP contribution in [0.5, 0.6) is 0 Å². The number of rotatable bonds is 7. The van der Waals surface area contributed by atoms with Gasteiger partial charge in [-0.05, 0) is 36.6 Å².